The zero-order chi connectivity index (χ0) is 27.4. The molecule has 2 aromatic heterocycles. The SMILES string of the molecule is C/C=C(\C)C(=O)O[C@@H]1[C@H](O)[C@@H](C(=O)OC)O[C@@H]2C[C@H]3O[C@@H](n4cnc5c(N)ncnc54)[C@H](OC)[C@H]3OC12O. The molecule has 9 atom stereocenters. The van der Waals surface area contributed by atoms with Gasteiger partial charge in [0.25, 0.3) is 0 Å². The van der Waals surface area contributed by atoms with Crippen molar-refractivity contribution >= 4 is 28.9 Å². The van der Waals surface area contributed by atoms with Crippen molar-refractivity contribution in [3.05, 3.63) is 24.3 Å². The fraction of sp³-hybridized carbons (Fsp3) is 0.609. The molecule has 4 N–H and O–H groups in total. The average Bonchev–Trinajstić information content (AvgIpc) is 3.49. The molecule has 0 radical (unpaired) electrons. The molecule has 15 nitrogen and oxygen atoms in total. The monoisotopic (exact) mass is 535 g/mol. The van der Waals surface area contributed by atoms with Crippen molar-refractivity contribution in [3.63, 3.8) is 0 Å². The fourth-order valence-corrected chi connectivity index (χ4v) is 5.10. The van der Waals surface area contributed by atoms with Crippen LogP contribution < -0.4 is 5.73 Å². The van der Waals surface area contributed by atoms with E-state index in [1.165, 1.54) is 32.8 Å². The molecule has 3 aliphatic heterocycles. The topological polar surface area (TPSA) is 200 Å². The first kappa shape index (κ1) is 26.4. The summed E-state index contributed by atoms with van der Waals surface area (Å²) in [7, 11) is 2.56. The molecule has 1 unspecified atom stereocenters. The van der Waals surface area contributed by atoms with Crippen molar-refractivity contribution in [1.82, 2.24) is 19.5 Å². The van der Waals surface area contributed by atoms with Crippen LogP contribution in [-0.4, -0.2) is 104 Å². The van der Waals surface area contributed by atoms with E-state index in [0.29, 0.717) is 11.2 Å². The number of esters is 2. The van der Waals surface area contributed by atoms with E-state index in [2.05, 4.69) is 15.0 Å². The summed E-state index contributed by atoms with van der Waals surface area (Å²) in [5.41, 5.74) is 6.90. The lowest BCUT2D eigenvalue weighted by Crippen LogP contribution is -2.73. The highest BCUT2D eigenvalue weighted by Crippen LogP contribution is 2.47. The Bertz CT molecular complexity index is 1270. The Morgan fingerprint density at radius 2 is 2.03 bits per heavy atom. The van der Waals surface area contributed by atoms with E-state index in [-0.39, 0.29) is 17.8 Å². The molecule has 15 heteroatoms. The smallest absolute Gasteiger partial charge is 0.337 e. The molecule has 0 aliphatic carbocycles. The molecule has 0 spiro atoms. The minimum absolute atomic E-state index is 0.00184. The summed E-state index contributed by atoms with van der Waals surface area (Å²) in [6.45, 7) is 3.14. The fourth-order valence-electron chi connectivity index (χ4n) is 5.10. The number of hydrogen-bond acceptors (Lipinski definition) is 14. The van der Waals surface area contributed by atoms with Gasteiger partial charge in [-0.2, -0.15) is 0 Å². The molecular formula is C23H29N5O10. The van der Waals surface area contributed by atoms with Gasteiger partial charge in [-0.3, -0.25) is 4.57 Å². The highest BCUT2D eigenvalue weighted by atomic mass is 16.7. The third-order valence-electron chi connectivity index (χ3n) is 7.21. The van der Waals surface area contributed by atoms with Gasteiger partial charge >= 0.3 is 11.9 Å². The van der Waals surface area contributed by atoms with Crippen molar-refractivity contribution < 1.29 is 48.2 Å². The van der Waals surface area contributed by atoms with E-state index in [0.717, 1.165) is 7.11 Å². The first-order chi connectivity index (χ1) is 18.1. The average molecular weight is 536 g/mol. The first-order valence-corrected chi connectivity index (χ1v) is 11.9. The Balaban J connectivity index is 1.50. The maximum absolute atomic E-state index is 12.7. The molecule has 3 fully saturated rings. The van der Waals surface area contributed by atoms with E-state index in [1.54, 1.807) is 11.5 Å². The van der Waals surface area contributed by atoms with E-state index in [1.807, 2.05) is 0 Å². The summed E-state index contributed by atoms with van der Waals surface area (Å²) < 4.78 is 35.7. The summed E-state index contributed by atoms with van der Waals surface area (Å²) in [6, 6.07) is 0. The van der Waals surface area contributed by atoms with Gasteiger partial charge in [-0.15, -0.1) is 0 Å². The van der Waals surface area contributed by atoms with Crippen molar-refractivity contribution in [2.24, 2.45) is 0 Å². The zero-order valence-electron chi connectivity index (χ0n) is 21.1. The van der Waals surface area contributed by atoms with Crippen molar-refractivity contribution in [1.29, 1.82) is 0 Å². The molecule has 0 bridgehead atoms. The van der Waals surface area contributed by atoms with Gasteiger partial charge in [0, 0.05) is 19.1 Å². The Labute approximate surface area is 216 Å². The number of carbonyl (C=O) groups is 2. The molecule has 2 aromatic rings. The highest BCUT2D eigenvalue weighted by Gasteiger charge is 2.67. The lowest BCUT2D eigenvalue weighted by molar-refractivity contribution is -0.397. The number of aliphatic hydroxyl groups excluding tert-OH is 1. The minimum Gasteiger partial charge on any atom is -0.467 e. The molecule has 0 aromatic carbocycles. The summed E-state index contributed by atoms with van der Waals surface area (Å²) in [6.07, 6.45) is -5.25. The van der Waals surface area contributed by atoms with Crippen LogP contribution in [0.5, 0.6) is 0 Å². The van der Waals surface area contributed by atoms with Crippen LogP contribution >= 0.6 is 0 Å². The second-order valence-corrected chi connectivity index (χ2v) is 9.28. The lowest BCUT2D eigenvalue weighted by Gasteiger charge is -2.52. The van der Waals surface area contributed by atoms with Gasteiger partial charge in [-0.05, 0) is 13.8 Å². The number of aliphatic hydroxyl groups is 2. The van der Waals surface area contributed by atoms with Crippen LogP contribution in [0.1, 0.15) is 26.5 Å². The first-order valence-electron chi connectivity index (χ1n) is 11.9. The lowest BCUT2D eigenvalue weighted by atomic mass is 9.84. The number of nitrogen functional groups attached to an aromatic ring is 1. The minimum atomic E-state index is -2.35. The molecule has 0 amide bonds. The molecule has 3 aliphatic rings. The van der Waals surface area contributed by atoms with Gasteiger partial charge in [-0.1, -0.05) is 6.08 Å². The largest absolute Gasteiger partial charge is 0.467 e. The van der Waals surface area contributed by atoms with Crippen LogP contribution in [-0.2, 0) is 38.0 Å². The number of methoxy groups -OCH3 is 2. The van der Waals surface area contributed by atoms with Gasteiger partial charge in [0.2, 0.25) is 5.79 Å². The highest BCUT2D eigenvalue weighted by molar-refractivity contribution is 5.88. The van der Waals surface area contributed by atoms with Gasteiger partial charge in [0.1, 0.15) is 36.3 Å². The van der Waals surface area contributed by atoms with Gasteiger partial charge in [-0.25, -0.2) is 24.5 Å². The third kappa shape index (κ3) is 4.02. The Hall–Kier alpha value is -3.21. The molecule has 3 saturated heterocycles. The third-order valence-corrected chi connectivity index (χ3v) is 7.21. The number of ether oxygens (including phenoxy) is 6. The molecular weight excluding hydrogens is 506 g/mol. The number of hydrogen-bond donors (Lipinski definition) is 3. The molecule has 206 valence electrons. The quantitative estimate of drug-likeness (QED) is 0.310. The second kappa shape index (κ2) is 9.83. The number of imidazole rings is 1. The molecule has 5 rings (SSSR count). The van der Waals surface area contributed by atoms with Crippen LogP contribution in [0.25, 0.3) is 11.2 Å². The maximum Gasteiger partial charge on any atom is 0.337 e. The summed E-state index contributed by atoms with van der Waals surface area (Å²) >= 11 is 0. The van der Waals surface area contributed by atoms with E-state index < -0.39 is 66.7 Å². The number of anilines is 1. The number of nitrogens with zero attached hydrogens (tertiary/aromatic N) is 4. The number of aromatic nitrogens is 4. The Kier molecular flexibility index (Phi) is 6.83. The Morgan fingerprint density at radius 3 is 2.71 bits per heavy atom. The molecule has 38 heavy (non-hydrogen) atoms. The van der Waals surface area contributed by atoms with E-state index in [9.17, 15) is 19.8 Å². The number of carbonyl (C=O) groups excluding carboxylic acids is 2. The van der Waals surface area contributed by atoms with Crippen LogP contribution in [0, 0.1) is 0 Å². The summed E-state index contributed by atoms with van der Waals surface area (Å²) in [5.74, 6) is -3.89. The zero-order valence-corrected chi connectivity index (χ0v) is 21.1. The Morgan fingerprint density at radius 1 is 1.26 bits per heavy atom. The van der Waals surface area contributed by atoms with Crippen molar-refractivity contribution in [2.75, 3.05) is 20.0 Å². The van der Waals surface area contributed by atoms with Crippen LogP contribution in [0.4, 0.5) is 5.82 Å². The second-order valence-electron chi connectivity index (χ2n) is 9.28. The molecule has 0 saturated carbocycles. The maximum atomic E-state index is 12.7. The van der Waals surface area contributed by atoms with Crippen molar-refractivity contribution in [2.45, 2.75) is 75.0 Å². The number of fused-ring (bicyclic) bond motifs is 3. The van der Waals surface area contributed by atoms with Crippen LogP contribution in [0.15, 0.2) is 24.3 Å². The van der Waals surface area contributed by atoms with E-state index >= 15 is 0 Å². The summed E-state index contributed by atoms with van der Waals surface area (Å²) in [5, 5.41) is 22.7. The normalized spacial score (nSPS) is 36.9. The number of nitrogens with two attached hydrogens (primary N) is 1. The van der Waals surface area contributed by atoms with Crippen LogP contribution in [0.2, 0.25) is 0 Å². The summed E-state index contributed by atoms with van der Waals surface area (Å²) in [4.78, 5) is 37.5. The van der Waals surface area contributed by atoms with Crippen molar-refractivity contribution in [3.8, 4) is 0 Å². The predicted molar refractivity (Wildman–Crippen MR) is 125 cm³/mol. The van der Waals surface area contributed by atoms with Gasteiger partial charge in [0.15, 0.2) is 29.9 Å². The predicted octanol–water partition coefficient (Wildman–Crippen LogP) is -1.02. The van der Waals surface area contributed by atoms with E-state index in [4.69, 9.17) is 34.2 Å². The molecule has 5 heterocycles. The number of allylic oxidation sites excluding steroid dienone is 1. The van der Waals surface area contributed by atoms with Gasteiger partial charge < -0.3 is 44.4 Å². The van der Waals surface area contributed by atoms with Gasteiger partial charge in [0.05, 0.1) is 19.5 Å². The van der Waals surface area contributed by atoms with Crippen LogP contribution in [0.3, 0.4) is 0 Å². The standard InChI is InChI=1S/C23H29N5O10/c1-5-9(2)21(30)37-17-13(29)15(22(31)34-4)36-11-6-10-14(38-23(11,17)32)16(33-3)20(35-10)28-8-27-12-18(24)25-7-26-19(12)28/h5,7-8,10-11,13-17,20,29,32H,6H2,1-4H3,(H2,24,25,26)/b9-5+/t10-,11-,13-,14+,15+,16-,17-,20-,23?/m1/s1. The number of rotatable bonds is 5.